The maximum absolute atomic E-state index is 12.6. The molecule has 230 valence electrons. The molecule has 44 heavy (non-hydrogen) atoms. The fourth-order valence-electron chi connectivity index (χ4n) is 7.29. The van der Waals surface area contributed by atoms with E-state index >= 15 is 0 Å². The van der Waals surface area contributed by atoms with Gasteiger partial charge in [0.05, 0.1) is 37.4 Å². The van der Waals surface area contributed by atoms with Crippen molar-refractivity contribution in [3.8, 4) is 12.1 Å². The molecule has 0 bridgehead atoms. The molecule has 3 aromatic rings. The number of ether oxygens (including phenoxy) is 1. The zero-order valence-electron chi connectivity index (χ0n) is 26.2. The number of amides is 1. The normalized spacial score (nSPS) is 21.8. The Morgan fingerprint density at radius 1 is 1.14 bits per heavy atom. The van der Waals surface area contributed by atoms with Crippen molar-refractivity contribution in [1.82, 2.24) is 19.8 Å². The van der Waals surface area contributed by atoms with E-state index in [2.05, 4.69) is 84.8 Å². The maximum Gasteiger partial charge on any atom is 0.318 e. The molecule has 1 aliphatic carbocycles. The van der Waals surface area contributed by atoms with Crippen LogP contribution in [0.15, 0.2) is 49.1 Å². The van der Waals surface area contributed by atoms with Crippen LogP contribution in [0, 0.1) is 24.2 Å². The summed E-state index contributed by atoms with van der Waals surface area (Å²) < 4.78 is 6.38. The number of fused-ring (bicyclic) bond motifs is 2. The predicted molar refractivity (Wildman–Crippen MR) is 174 cm³/mol. The van der Waals surface area contributed by atoms with Gasteiger partial charge in [-0.05, 0) is 75.7 Å². The summed E-state index contributed by atoms with van der Waals surface area (Å²) in [6, 6.07) is 16.0. The third kappa shape index (κ3) is 5.96. The van der Waals surface area contributed by atoms with Crippen LogP contribution in [0.3, 0.4) is 0 Å². The van der Waals surface area contributed by atoms with Gasteiger partial charge in [-0.1, -0.05) is 36.9 Å². The fraction of sp³-hybridized carbons (Fsp3) is 0.486. The molecule has 2 aliphatic heterocycles. The van der Waals surface area contributed by atoms with Crippen molar-refractivity contribution >= 4 is 28.2 Å². The van der Waals surface area contributed by atoms with Gasteiger partial charge in [-0.3, -0.25) is 4.79 Å². The second-order valence-electron chi connectivity index (χ2n) is 12.7. The number of rotatable bonds is 8. The number of carbonyl (C=O) groups is 1. The summed E-state index contributed by atoms with van der Waals surface area (Å²) in [4.78, 5) is 31.4. The van der Waals surface area contributed by atoms with Crippen LogP contribution in [0.2, 0.25) is 0 Å². The zero-order valence-corrected chi connectivity index (χ0v) is 26.2. The summed E-state index contributed by atoms with van der Waals surface area (Å²) in [5.74, 6) is 1.23. The quantitative estimate of drug-likeness (QED) is 0.347. The van der Waals surface area contributed by atoms with E-state index in [4.69, 9.17) is 14.7 Å². The van der Waals surface area contributed by atoms with Crippen molar-refractivity contribution in [3.63, 3.8) is 0 Å². The van der Waals surface area contributed by atoms with Gasteiger partial charge >= 0.3 is 6.01 Å². The topological polar surface area (TPSA) is 88.8 Å². The van der Waals surface area contributed by atoms with Crippen molar-refractivity contribution in [3.05, 3.63) is 65.9 Å². The van der Waals surface area contributed by atoms with Gasteiger partial charge in [0.2, 0.25) is 5.91 Å². The van der Waals surface area contributed by atoms with Crippen molar-refractivity contribution in [2.45, 2.75) is 57.7 Å². The van der Waals surface area contributed by atoms with Crippen LogP contribution < -0.4 is 14.5 Å². The van der Waals surface area contributed by atoms with E-state index in [1.54, 1.807) is 4.90 Å². The number of aromatic nitrogens is 2. The molecule has 0 N–H and O–H groups in total. The van der Waals surface area contributed by atoms with Crippen molar-refractivity contribution < 1.29 is 9.53 Å². The number of hydrogen-bond donors (Lipinski definition) is 0. The standard InChI is InChI=1S/C35H43N7O2/c1-5-32(43)42-19-18-41(21-28(42)14-16-36)34-29-15-17-40(31-11-7-10-26-9-6-8-24(2)33(26)31)22-30(29)37-35(38-34)44-23-25-12-13-27(20-25)39(3)4/h5-11,25,27-28H,1,12-15,17-23H2,2-4H3/t25-,27-,28+/m1/s1. The summed E-state index contributed by atoms with van der Waals surface area (Å²) in [7, 11) is 4.30. The molecule has 3 aliphatic rings. The lowest BCUT2D eigenvalue weighted by Crippen LogP contribution is -2.55. The molecule has 0 radical (unpaired) electrons. The van der Waals surface area contributed by atoms with Gasteiger partial charge in [0, 0.05) is 48.9 Å². The number of carbonyl (C=O) groups excluding carboxylic acids is 1. The Bertz CT molecular complexity index is 1580. The Morgan fingerprint density at radius 3 is 2.70 bits per heavy atom. The predicted octanol–water partition coefficient (Wildman–Crippen LogP) is 4.73. The van der Waals surface area contributed by atoms with E-state index in [0.29, 0.717) is 50.8 Å². The van der Waals surface area contributed by atoms with Crippen molar-refractivity contribution in [2.24, 2.45) is 5.92 Å². The monoisotopic (exact) mass is 593 g/mol. The van der Waals surface area contributed by atoms with Crippen LogP contribution in [0.25, 0.3) is 10.8 Å². The van der Waals surface area contributed by atoms with Gasteiger partial charge in [0.1, 0.15) is 5.82 Å². The number of aryl methyl sites for hydroxylation is 1. The second-order valence-corrected chi connectivity index (χ2v) is 12.7. The SMILES string of the molecule is C=CC(=O)N1CCN(c2nc(OC[C@@H]3CC[C@@H](N(C)C)C3)nc3c2CCN(c2cccc4cccc(C)c24)C3)C[C@@H]1CC#N. The van der Waals surface area contributed by atoms with E-state index < -0.39 is 0 Å². The molecule has 1 saturated heterocycles. The first kappa shape index (κ1) is 29.9. The minimum absolute atomic E-state index is 0.132. The molecular weight excluding hydrogens is 550 g/mol. The van der Waals surface area contributed by atoms with E-state index in [9.17, 15) is 10.1 Å². The summed E-state index contributed by atoms with van der Waals surface area (Å²) in [5, 5.41) is 12.1. The van der Waals surface area contributed by atoms with Crippen LogP contribution in [0.4, 0.5) is 11.5 Å². The first-order valence-electron chi connectivity index (χ1n) is 15.8. The zero-order chi connectivity index (χ0) is 30.8. The molecule has 1 aromatic heterocycles. The van der Waals surface area contributed by atoms with Gasteiger partial charge in [-0.2, -0.15) is 15.2 Å². The largest absolute Gasteiger partial charge is 0.463 e. The molecular formula is C35H43N7O2. The van der Waals surface area contributed by atoms with Crippen molar-refractivity contribution in [2.75, 3.05) is 56.7 Å². The second kappa shape index (κ2) is 12.8. The molecule has 3 heterocycles. The Labute approximate surface area is 260 Å². The Hall–Kier alpha value is -4.16. The number of nitrogens with zero attached hydrogens (tertiary/aromatic N) is 7. The van der Waals surface area contributed by atoms with Crippen LogP contribution in [0.5, 0.6) is 6.01 Å². The number of hydrogen-bond acceptors (Lipinski definition) is 8. The number of piperazine rings is 1. The van der Waals surface area contributed by atoms with Gasteiger partial charge in [-0.15, -0.1) is 0 Å². The van der Waals surface area contributed by atoms with Crippen LogP contribution in [0.1, 0.15) is 42.5 Å². The molecule has 9 nitrogen and oxygen atoms in total. The molecule has 2 fully saturated rings. The average Bonchev–Trinajstić information content (AvgIpc) is 3.52. The van der Waals surface area contributed by atoms with Gasteiger partial charge in [0.15, 0.2) is 0 Å². The van der Waals surface area contributed by atoms with E-state index in [0.717, 1.165) is 42.9 Å². The third-order valence-electron chi connectivity index (χ3n) is 9.71. The average molecular weight is 594 g/mol. The lowest BCUT2D eigenvalue weighted by atomic mass is 9.99. The van der Waals surface area contributed by atoms with Crippen LogP contribution >= 0.6 is 0 Å². The number of nitriles is 1. The molecule has 9 heteroatoms. The summed E-state index contributed by atoms with van der Waals surface area (Å²) in [6.07, 6.45) is 5.85. The highest BCUT2D eigenvalue weighted by atomic mass is 16.5. The Kier molecular flexibility index (Phi) is 8.72. The summed E-state index contributed by atoms with van der Waals surface area (Å²) in [5.41, 5.74) is 4.61. The molecule has 6 rings (SSSR count). The van der Waals surface area contributed by atoms with Crippen LogP contribution in [-0.2, 0) is 17.8 Å². The molecule has 0 unspecified atom stereocenters. The molecule has 0 spiro atoms. The number of anilines is 2. The van der Waals surface area contributed by atoms with Gasteiger partial charge in [0.25, 0.3) is 0 Å². The first-order valence-corrected chi connectivity index (χ1v) is 15.8. The van der Waals surface area contributed by atoms with Gasteiger partial charge < -0.3 is 24.3 Å². The first-order chi connectivity index (χ1) is 21.4. The fourth-order valence-corrected chi connectivity index (χ4v) is 7.29. The van der Waals surface area contributed by atoms with E-state index in [1.807, 2.05) is 0 Å². The highest BCUT2D eigenvalue weighted by Crippen LogP contribution is 2.36. The Morgan fingerprint density at radius 2 is 1.95 bits per heavy atom. The maximum atomic E-state index is 12.6. The van der Waals surface area contributed by atoms with Gasteiger partial charge in [-0.25, -0.2) is 0 Å². The summed E-state index contributed by atoms with van der Waals surface area (Å²) >= 11 is 0. The third-order valence-corrected chi connectivity index (χ3v) is 9.71. The molecule has 1 saturated carbocycles. The minimum Gasteiger partial charge on any atom is -0.463 e. The van der Waals surface area contributed by atoms with Crippen molar-refractivity contribution in [1.29, 1.82) is 5.26 Å². The highest BCUT2D eigenvalue weighted by Gasteiger charge is 2.34. The van der Waals surface area contributed by atoms with E-state index in [-0.39, 0.29) is 18.4 Å². The lowest BCUT2D eigenvalue weighted by molar-refractivity contribution is -0.128. The van der Waals surface area contributed by atoms with E-state index in [1.165, 1.54) is 34.5 Å². The minimum atomic E-state index is -0.227. The number of benzene rings is 2. The Balaban J connectivity index is 1.32. The summed E-state index contributed by atoms with van der Waals surface area (Å²) in [6.45, 7) is 9.64. The van der Waals surface area contributed by atoms with Crippen LogP contribution in [-0.4, -0.2) is 84.6 Å². The molecule has 1 amide bonds. The lowest BCUT2D eigenvalue weighted by Gasteiger charge is -2.42. The highest BCUT2D eigenvalue weighted by molar-refractivity contribution is 5.97. The molecule has 2 aromatic carbocycles. The smallest absolute Gasteiger partial charge is 0.318 e. The molecule has 3 atom stereocenters.